The first kappa shape index (κ1) is 22.6. The largest absolute Gasteiger partial charge is 0.450 e. The number of amides is 2. The average Bonchev–Trinajstić information content (AvgIpc) is 3.14. The maximum atomic E-state index is 13.6. The van der Waals surface area contributed by atoms with Gasteiger partial charge in [-0.25, -0.2) is 14.2 Å². The topological polar surface area (TPSA) is 91.8 Å². The molecule has 2 atom stereocenters. The fourth-order valence-corrected chi connectivity index (χ4v) is 3.53. The van der Waals surface area contributed by atoms with Crippen molar-refractivity contribution in [3.8, 4) is 0 Å². The van der Waals surface area contributed by atoms with E-state index in [1.54, 1.807) is 43.3 Å². The Morgan fingerprint density at radius 3 is 2.74 bits per heavy atom. The van der Waals surface area contributed by atoms with E-state index in [-0.39, 0.29) is 18.0 Å². The van der Waals surface area contributed by atoms with Crippen molar-refractivity contribution in [1.29, 1.82) is 0 Å². The highest BCUT2D eigenvalue weighted by molar-refractivity contribution is 6.31. The number of hydrogen-bond acceptors (Lipinski definition) is 4. The maximum absolute atomic E-state index is 13.6. The fourth-order valence-electron chi connectivity index (χ4n) is 3.34. The summed E-state index contributed by atoms with van der Waals surface area (Å²) in [4.78, 5) is 28.9. The van der Waals surface area contributed by atoms with Crippen LogP contribution in [-0.4, -0.2) is 36.7 Å². The van der Waals surface area contributed by atoms with Crippen LogP contribution in [0, 0.1) is 5.82 Å². The predicted octanol–water partition coefficient (Wildman–Crippen LogP) is 4.34. The number of halogens is 2. The number of rotatable bonds is 5. The van der Waals surface area contributed by atoms with Gasteiger partial charge in [0.05, 0.1) is 12.6 Å². The lowest BCUT2D eigenvalue weighted by Crippen LogP contribution is -2.37. The number of ether oxygens (including phenoxy) is 1. The van der Waals surface area contributed by atoms with E-state index in [1.165, 1.54) is 12.1 Å². The molecule has 1 aliphatic rings. The van der Waals surface area contributed by atoms with Gasteiger partial charge in [-0.15, -0.1) is 0 Å². The summed E-state index contributed by atoms with van der Waals surface area (Å²) >= 11 is 5.98. The highest BCUT2D eigenvalue weighted by atomic mass is 35.5. The number of aliphatic imine (C=N–C) groups is 1. The normalized spacial score (nSPS) is 18.4. The van der Waals surface area contributed by atoms with Crippen LogP contribution < -0.4 is 16.0 Å². The summed E-state index contributed by atoms with van der Waals surface area (Å²) in [5, 5.41) is 8.96. The molecular weight excluding hydrogens is 423 g/mol. The number of alkyl carbamates (subject to hydrolysis) is 1. The van der Waals surface area contributed by atoms with Crippen LogP contribution in [0.4, 0.5) is 14.9 Å². The smallest absolute Gasteiger partial charge is 0.407 e. The van der Waals surface area contributed by atoms with E-state index in [0.29, 0.717) is 29.3 Å². The first-order chi connectivity index (χ1) is 14.9. The first-order valence-electron chi connectivity index (χ1n) is 10.0. The van der Waals surface area contributed by atoms with Gasteiger partial charge in [0, 0.05) is 22.3 Å². The van der Waals surface area contributed by atoms with Crippen molar-refractivity contribution in [2.45, 2.75) is 38.3 Å². The third kappa shape index (κ3) is 6.96. The number of guanidine groups is 1. The number of nitrogens with one attached hydrogen (secondary N) is 3. The average molecular weight is 447 g/mol. The molecule has 164 valence electrons. The van der Waals surface area contributed by atoms with Crippen LogP contribution in [0.3, 0.4) is 0 Å². The quantitative estimate of drug-likeness (QED) is 0.470. The van der Waals surface area contributed by atoms with Crippen LogP contribution in [0.5, 0.6) is 0 Å². The SMILES string of the molecule is CCOC(=O)NC1CCC(N=C(NC(=O)c2cccc(Cl)c2)Nc2cccc(F)c2)C1. The van der Waals surface area contributed by atoms with E-state index in [1.807, 2.05) is 0 Å². The summed E-state index contributed by atoms with van der Waals surface area (Å²) in [7, 11) is 0. The van der Waals surface area contributed by atoms with Crippen molar-refractivity contribution in [3.63, 3.8) is 0 Å². The van der Waals surface area contributed by atoms with Crippen molar-refractivity contribution in [2.75, 3.05) is 11.9 Å². The van der Waals surface area contributed by atoms with Gasteiger partial charge in [-0.3, -0.25) is 10.1 Å². The molecule has 1 aliphatic carbocycles. The van der Waals surface area contributed by atoms with Gasteiger partial charge in [0.15, 0.2) is 0 Å². The second kappa shape index (κ2) is 10.8. The Morgan fingerprint density at radius 1 is 1.19 bits per heavy atom. The third-order valence-corrected chi connectivity index (χ3v) is 4.96. The van der Waals surface area contributed by atoms with Gasteiger partial charge >= 0.3 is 6.09 Å². The van der Waals surface area contributed by atoms with Gasteiger partial charge in [-0.1, -0.05) is 23.7 Å². The highest BCUT2D eigenvalue weighted by Crippen LogP contribution is 2.23. The van der Waals surface area contributed by atoms with E-state index in [2.05, 4.69) is 20.9 Å². The molecule has 2 aromatic carbocycles. The predicted molar refractivity (Wildman–Crippen MR) is 118 cm³/mol. The van der Waals surface area contributed by atoms with Crippen LogP contribution in [-0.2, 0) is 4.74 Å². The molecule has 2 aromatic rings. The molecule has 0 aliphatic heterocycles. The molecule has 31 heavy (non-hydrogen) atoms. The van der Waals surface area contributed by atoms with Crippen molar-refractivity contribution in [3.05, 3.63) is 64.9 Å². The van der Waals surface area contributed by atoms with Gasteiger partial charge in [0.25, 0.3) is 5.91 Å². The molecule has 0 aromatic heterocycles. The number of nitrogens with zero attached hydrogens (tertiary/aromatic N) is 1. The van der Waals surface area contributed by atoms with Crippen molar-refractivity contribution < 1.29 is 18.7 Å². The Morgan fingerprint density at radius 2 is 2.00 bits per heavy atom. The summed E-state index contributed by atoms with van der Waals surface area (Å²) in [5.74, 6) is -0.619. The second-order valence-corrected chi connectivity index (χ2v) is 7.54. The van der Waals surface area contributed by atoms with Crippen molar-refractivity contribution in [1.82, 2.24) is 10.6 Å². The van der Waals surface area contributed by atoms with Crippen molar-refractivity contribution >= 4 is 35.2 Å². The molecule has 1 fully saturated rings. The van der Waals surface area contributed by atoms with Gasteiger partial charge in [0.1, 0.15) is 5.82 Å². The number of carbonyl (C=O) groups is 2. The number of carbonyl (C=O) groups excluding carboxylic acids is 2. The summed E-state index contributed by atoms with van der Waals surface area (Å²) in [6.07, 6.45) is 1.60. The Labute approximate surface area is 185 Å². The minimum Gasteiger partial charge on any atom is -0.450 e. The summed E-state index contributed by atoms with van der Waals surface area (Å²) < 4.78 is 18.5. The summed E-state index contributed by atoms with van der Waals surface area (Å²) in [6, 6.07) is 12.2. The monoisotopic (exact) mass is 446 g/mol. The lowest BCUT2D eigenvalue weighted by atomic mass is 10.2. The van der Waals surface area contributed by atoms with Crippen LogP contribution >= 0.6 is 11.6 Å². The minimum absolute atomic E-state index is 0.0631. The van der Waals surface area contributed by atoms with Gasteiger partial charge in [-0.05, 0) is 62.6 Å². The molecule has 0 bridgehead atoms. The van der Waals surface area contributed by atoms with Crippen LogP contribution in [0.1, 0.15) is 36.5 Å². The zero-order valence-corrected chi connectivity index (χ0v) is 17.8. The Bertz CT molecular complexity index is 969. The van der Waals surface area contributed by atoms with Gasteiger partial charge < -0.3 is 15.4 Å². The molecule has 0 heterocycles. The van der Waals surface area contributed by atoms with E-state index in [9.17, 15) is 14.0 Å². The molecule has 3 rings (SSSR count). The van der Waals surface area contributed by atoms with E-state index in [0.717, 1.165) is 12.8 Å². The lowest BCUT2D eigenvalue weighted by Gasteiger charge is -2.15. The highest BCUT2D eigenvalue weighted by Gasteiger charge is 2.26. The fraction of sp³-hybridized carbons (Fsp3) is 0.318. The zero-order chi connectivity index (χ0) is 22.2. The van der Waals surface area contributed by atoms with Crippen LogP contribution in [0.15, 0.2) is 53.5 Å². The molecule has 7 nitrogen and oxygen atoms in total. The molecule has 3 N–H and O–H groups in total. The first-order valence-corrected chi connectivity index (χ1v) is 10.4. The number of hydrogen-bond donors (Lipinski definition) is 3. The Balaban J connectivity index is 1.73. The van der Waals surface area contributed by atoms with E-state index in [4.69, 9.17) is 16.3 Å². The van der Waals surface area contributed by atoms with E-state index >= 15 is 0 Å². The summed E-state index contributed by atoms with van der Waals surface area (Å²) in [5.41, 5.74) is 0.818. The minimum atomic E-state index is -0.454. The second-order valence-electron chi connectivity index (χ2n) is 7.11. The molecule has 2 unspecified atom stereocenters. The number of anilines is 1. The van der Waals surface area contributed by atoms with Crippen molar-refractivity contribution in [2.24, 2.45) is 4.99 Å². The molecule has 0 saturated heterocycles. The number of benzene rings is 2. The molecular formula is C22H24ClFN4O3. The Kier molecular flexibility index (Phi) is 7.83. The van der Waals surface area contributed by atoms with Gasteiger partial charge in [0.2, 0.25) is 5.96 Å². The third-order valence-electron chi connectivity index (χ3n) is 4.72. The Hall–Kier alpha value is -3.13. The van der Waals surface area contributed by atoms with Crippen LogP contribution in [0.2, 0.25) is 5.02 Å². The maximum Gasteiger partial charge on any atom is 0.407 e. The van der Waals surface area contributed by atoms with Crippen LogP contribution in [0.25, 0.3) is 0 Å². The lowest BCUT2D eigenvalue weighted by molar-refractivity contribution is 0.0976. The molecule has 1 saturated carbocycles. The standard InChI is InChI=1S/C22H24ClFN4O3/c1-2-31-22(30)27-19-10-9-18(13-19)26-21(25-17-8-4-7-16(24)12-17)28-20(29)14-5-3-6-15(23)11-14/h3-8,11-12,18-19H,2,9-10,13H2,1H3,(H,27,30)(H2,25,26,28,29). The molecule has 0 radical (unpaired) electrons. The molecule has 2 amide bonds. The van der Waals surface area contributed by atoms with Gasteiger partial charge in [-0.2, -0.15) is 0 Å². The van der Waals surface area contributed by atoms with E-state index < -0.39 is 17.8 Å². The zero-order valence-electron chi connectivity index (χ0n) is 17.0. The summed E-state index contributed by atoms with van der Waals surface area (Å²) in [6.45, 7) is 2.05. The molecule has 9 heteroatoms. The molecule has 0 spiro atoms.